The Morgan fingerprint density at radius 3 is 2.50 bits per heavy atom. The van der Waals surface area contributed by atoms with Gasteiger partial charge in [-0.15, -0.1) is 0 Å². The first-order valence-electron chi connectivity index (χ1n) is 6.25. The molecule has 0 aliphatic heterocycles. The number of carbonyl (C=O) groups is 3. The smallest absolute Gasteiger partial charge is 0.326 e. The molecule has 0 saturated heterocycles. The zero-order valence-electron chi connectivity index (χ0n) is 11.7. The van der Waals surface area contributed by atoms with Crippen molar-refractivity contribution in [2.24, 2.45) is 0 Å². The number of nitrogens with one attached hydrogen (secondary N) is 1. The fourth-order valence-electron chi connectivity index (χ4n) is 1.30. The number of carboxylic acid groups (broad SMARTS) is 1. The Hall–Kier alpha value is -1.67. The standard InChI is InChI=1S/C12H21NO7/c1-3-20-11(15)5-4-9(12(16)17)13-10(14)8-19-7-6-18-2/h9H,3-8H2,1-2H3,(H,13,14)(H,16,17)/t9-/m0/s1. The Bertz CT molecular complexity index is 319. The van der Waals surface area contributed by atoms with Crippen LogP contribution in [0, 0.1) is 0 Å². The van der Waals surface area contributed by atoms with Gasteiger partial charge in [0.15, 0.2) is 0 Å². The molecular formula is C12H21NO7. The molecule has 0 unspecified atom stereocenters. The quantitative estimate of drug-likeness (QED) is 0.392. The summed E-state index contributed by atoms with van der Waals surface area (Å²) in [5.41, 5.74) is 0. The summed E-state index contributed by atoms with van der Waals surface area (Å²) in [6.45, 7) is 2.22. The second kappa shape index (κ2) is 11.2. The molecule has 0 aliphatic rings. The normalized spacial score (nSPS) is 11.7. The van der Waals surface area contributed by atoms with Crippen molar-refractivity contribution in [2.45, 2.75) is 25.8 Å². The molecule has 0 radical (unpaired) electrons. The van der Waals surface area contributed by atoms with Crippen molar-refractivity contribution in [3.05, 3.63) is 0 Å². The predicted octanol–water partition coefficient (Wildman–Crippen LogP) is -0.438. The number of carbonyl (C=O) groups excluding carboxylic acids is 2. The summed E-state index contributed by atoms with van der Waals surface area (Å²) in [6, 6.07) is -1.14. The first-order valence-corrected chi connectivity index (χ1v) is 6.25. The summed E-state index contributed by atoms with van der Waals surface area (Å²) in [6.07, 6.45) is -0.104. The Balaban J connectivity index is 4.03. The summed E-state index contributed by atoms with van der Waals surface area (Å²) in [4.78, 5) is 33.5. The average Bonchev–Trinajstić information content (AvgIpc) is 2.39. The lowest BCUT2D eigenvalue weighted by Gasteiger charge is -2.14. The van der Waals surface area contributed by atoms with Crippen LogP contribution in [0.1, 0.15) is 19.8 Å². The van der Waals surface area contributed by atoms with Crippen molar-refractivity contribution in [2.75, 3.05) is 33.5 Å². The van der Waals surface area contributed by atoms with E-state index in [1.807, 2.05) is 0 Å². The molecule has 0 aromatic heterocycles. The summed E-state index contributed by atoms with van der Waals surface area (Å²) in [7, 11) is 1.50. The van der Waals surface area contributed by atoms with E-state index in [-0.39, 0.29) is 32.7 Å². The van der Waals surface area contributed by atoms with Crippen LogP contribution in [0.25, 0.3) is 0 Å². The summed E-state index contributed by atoms with van der Waals surface area (Å²) in [5, 5.41) is 11.2. The SMILES string of the molecule is CCOC(=O)CC[C@H](NC(=O)COCCOC)C(=O)O. The minimum atomic E-state index is -1.21. The fraction of sp³-hybridized carbons (Fsp3) is 0.750. The van der Waals surface area contributed by atoms with Gasteiger partial charge < -0.3 is 24.6 Å². The number of aliphatic carboxylic acids is 1. The minimum Gasteiger partial charge on any atom is -0.480 e. The molecule has 1 atom stereocenters. The van der Waals surface area contributed by atoms with Crippen LogP contribution in [0.2, 0.25) is 0 Å². The Kier molecular flexibility index (Phi) is 10.2. The topological polar surface area (TPSA) is 111 Å². The van der Waals surface area contributed by atoms with Gasteiger partial charge in [-0.2, -0.15) is 0 Å². The minimum absolute atomic E-state index is 0.0298. The number of hydrogen-bond donors (Lipinski definition) is 2. The van der Waals surface area contributed by atoms with Crippen LogP contribution in [-0.4, -0.2) is 62.5 Å². The first-order chi connectivity index (χ1) is 9.51. The van der Waals surface area contributed by atoms with Crippen LogP contribution in [0.3, 0.4) is 0 Å². The highest BCUT2D eigenvalue weighted by Gasteiger charge is 2.21. The number of amides is 1. The van der Waals surface area contributed by atoms with E-state index in [4.69, 9.17) is 14.6 Å². The molecule has 8 nitrogen and oxygen atoms in total. The molecule has 2 N–H and O–H groups in total. The number of rotatable bonds is 11. The van der Waals surface area contributed by atoms with Gasteiger partial charge in [0, 0.05) is 13.5 Å². The second-order valence-corrected chi connectivity index (χ2v) is 3.85. The highest BCUT2D eigenvalue weighted by molar-refractivity contribution is 5.84. The van der Waals surface area contributed by atoms with Gasteiger partial charge in [-0.25, -0.2) is 4.79 Å². The Morgan fingerprint density at radius 2 is 1.95 bits per heavy atom. The van der Waals surface area contributed by atoms with Crippen molar-refractivity contribution >= 4 is 17.8 Å². The van der Waals surface area contributed by atoms with Gasteiger partial charge >= 0.3 is 11.9 Å². The van der Waals surface area contributed by atoms with E-state index in [2.05, 4.69) is 10.1 Å². The van der Waals surface area contributed by atoms with Crippen molar-refractivity contribution in [1.29, 1.82) is 0 Å². The zero-order chi connectivity index (χ0) is 15.4. The fourth-order valence-corrected chi connectivity index (χ4v) is 1.30. The van der Waals surface area contributed by atoms with Crippen LogP contribution in [0.4, 0.5) is 0 Å². The second-order valence-electron chi connectivity index (χ2n) is 3.85. The maximum Gasteiger partial charge on any atom is 0.326 e. The molecule has 0 saturated carbocycles. The molecule has 8 heteroatoms. The van der Waals surface area contributed by atoms with E-state index in [9.17, 15) is 14.4 Å². The molecule has 0 heterocycles. The lowest BCUT2D eigenvalue weighted by molar-refractivity contribution is -0.145. The molecule has 0 bridgehead atoms. The van der Waals surface area contributed by atoms with Crippen LogP contribution < -0.4 is 5.32 Å². The van der Waals surface area contributed by atoms with Gasteiger partial charge in [0.05, 0.1) is 19.8 Å². The van der Waals surface area contributed by atoms with Gasteiger partial charge in [0.25, 0.3) is 0 Å². The largest absolute Gasteiger partial charge is 0.480 e. The monoisotopic (exact) mass is 291 g/mol. The molecular weight excluding hydrogens is 270 g/mol. The van der Waals surface area contributed by atoms with Gasteiger partial charge in [-0.3, -0.25) is 9.59 Å². The lowest BCUT2D eigenvalue weighted by atomic mass is 10.1. The van der Waals surface area contributed by atoms with Crippen LogP contribution in [-0.2, 0) is 28.6 Å². The van der Waals surface area contributed by atoms with E-state index in [0.717, 1.165) is 0 Å². The maximum atomic E-state index is 11.4. The highest BCUT2D eigenvalue weighted by Crippen LogP contribution is 2.00. The van der Waals surface area contributed by atoms with E-state index in [1.165, 1.54) is 7.11 Å². The number of esters is 1. The van der Waals surface area contributed by atoms with Crippen molar-refractivity contribution in [1.82, 2.24) is 5.32 Å². The molecule has 0 aliphatic carbocycles. The molecule has 116 valence electrons. The molecule has 1 amide bonds. The number of carboxylic acids is 1. The van der Waals surface area contributed by atoms with E-state index in [0.29, 0.717) is 6.61 Å². The van der Waals surface area contributed by atoms with Crippen molar-refractivity contribution < 1.29 is 33.7 Å². The van der Waals surface area contributed by atoms with Gasteiger partial charge in [0.1, 0.15) is 12.6 Å². The van der Waals surface area contributed by atoms with E-state index >= 15 is 0 Å². The summed E-state index contributed by atoms with van der Waals surface area (Å²) >= 11 is 0. The summed E-state index contributed by atoms with van der Waals surface area (Å²) < 4.78 is 14.4. The Morgan fingerprint density at radius 1 is 1.25 bits per heavy atom. The van der Waals surface area contributed by atoms with E-state index in [1.54, 1.807) is 6.92 Å². The van der Waals surface area contributed by atoms with Crippen molar-refractivity contribution in [3.8, 4) is 0 Å². The molecule has 20 heavy (non-hydrogen) atoms. The van der Waals surface area contributed by atoms with Gasteiger partial charge in [-0.1, -0.05) is 0 Å². The predicted molar refractivity (Wildman–Crippen MR) is 68.1 cm³/mol. The first kappa shape index (κ1) is 18.3. The van der Waals surface area contributed by atoms with Crippen LogP contribution in [0.5, 0.6) is 0 Å². The molecule has 0 spiro atoms. The average molecular weight is 291 g/mol. The molecule has 0 aromatic rings. The van der Waals surface area contributed by atoms with Crippen molar-refractivity contribution in [3.63, 3.8) is 0 Å². The lowest BCUT2D eigenvalue weighted by Crippen LogP contribution is -2.42. The molecule has 0 aromatic carbocycles. The Labute approximate surface area is 117 Å². The molecule has 0 fully saturated rings. The number of methoxy groups -OCH3 is 1. The third-order valence-corrected chi connectivity index (χ3v) is 2.24. The number of ether oxygens (including phenoxy) is 3. The van der Waals surface area contributed by atoms with Crippen LogP contribution >= 0.6 is 0 Å². The maximum absolute atomic E-state index is 11.4. The third-order valence-electron chi connectivity index (χ3n) is 2.24. The molecule has 0 rings (SSSR count). The third kappa shape index (κ3) is 9.29. The summed E-state index contributed by atoms with van der Waals surface area (Å²) in [5.74, 6) is -2.26. The number of hydrogen-bond acceptors (Lipinski definition) is 6. The zero-order valence-corrected chi connectivity index (χ0v) is 11.7. The van der Waals surface area contributed by atoms with Crippen LogP contribution in [0.15, 0.2) is 0 Å². The van der Waals surface area contributed by atoms with E-state index < -0.39 is 23.9 Å². The van der Waals surface area contributed by atoms with Gasteiger partial charge in [-0.05, 0) is 13.3 Å². The highest BCUT2D eigenvalue weighted by atomic mass is 16.5. The van der Waals surface area contributed by atoms with Gasteiger partial charge in [0.2, 0.25) is 5.91 Å².